The van der Waals surface area contributed by atoms with E-state index in [9.17, 15) is 10.1 Å². The van der Waals surface area contributed by atoms with Crippen molar-refractivity contribution in [2.75, 3.05) is 7.11 Å². The first kappa shape index (κ1) is 15.2. The molecule has 3 aromatic rings. The summed E-state index contributed by atoms with van der Waals surface area (Å²) in [4.78, 5) is 14.8. The predicted molar refractivity (Wildman–Crippen MR) is 86.1 cm³/mol. The number of hydrogen-bond donors (Lipinski definition) is 0. The van der Waals surface area contributed by atoms with E-state index < -0.39 is 4.92 Å². The quantitative estimate of drug-likeness (QED) is 0.503. The van der Waals surface area contributed by atoms with Crippen LogP contribution < -0.4 is 4.74 Å². The van der Waals surface area contributed by atoms with Crippen LogP contribution in [0.15, 0.2) is 51.5 Å². The van der Waals surface area contributed by atoms with E-state index in [0.29, 0.717) is 11.4 Å². The summed E-state index contributed by atoms with van der Waals surface area (Å²) in [6.45, 7) is 0. The molecule has 0 saturated heterocycles. The van der Waals surface area contributed by atoms with E-state index in [-0.39, 0.29) is 17.3 Å². The molecule has 23 heavy (non-hydrogen) atoms. The summed E-state index contributed by atoms with van der Waals surface area (Å²) in [5.41, 5.74) is 1.08. The molecule has 0 unspecified atom stereocenters. The summed E-state index contributed by atoms with van der Waals surface area (Å²) in [6, 6.07) is 11.9. The van der Waals surface area contributed by atoms with Gasteiger partial charge in [0, 0.05) is 21.7 Å². The standard InChI is InChI=1S/C15H10BrN3O4/c1-22-13-7-4-10(8-12(13)19(20)21)15-17-14(18-23-15)9-2-5-11(16)6-3-9/h2-8H,1H3. The number of ether oxygens (including phenoxy) is 1. The number of hydrogen-bond acceptors (Lipinski definition) is 6. The van der Waals surface area contributed by atoms with E-state index in [0.717, 1.165) is 10.0 Å². The summed E-state index contributed by atoms with van der Waals surface area (Å²) in [5.74, 6) is 0.783. The van der Waals surface area contributed by atoms with Crippen molar-refractivity contribution >= 4 is 21.6 Å². The fraction of sp³-hybridized carbons (Fsp3) is 0.0667. The van der Waals surface area contributed by atoms with Crippen LogP contribution >= 0.6 is 15.9 Å². The second kappa shape index (κ2) is 6.17. The third-order valence-electron chi connectivity index (χ3n) is 3.15. The second-order valence-corrected chi connectivity index (χ2v) is 5.49. The lowest BCUT2D eigenvalue weighted by Crippen LogP contribution is -1.94. The minimum absolute atomic E-state index is 0.159. The van der Waals surface area contributed by atoms with Crippen LogP contribution in [-0.4, -0.2) is 22.2 Å². The molecule has 116 valence electrons. The predicted octanol–water partition coefficient (Wildman–Crippen LogP) is 4.08. The van der Waals surface area contributed by atoms with E-state index in [2.05, 4.69) is 26.1 Å². The Morgan fingerprint density at radius 1 is 1.17 bits per heavy atom. The SMILES string of the molecule is COc1ccc(-c2nc(-c3ccc(Br)cc3)no2)cc1[N+](=O)[O-]. The molecule has 1 heterocycles. The molecular formula is C15H10BrN3O4. The summed E-state index contributed by atoms with van der Waals surface area (Å²) in [5, 5.41) is 15.0. The molecule has 0 aliphatic carbocycles. The summed E-state index contributed by atoms with van der Waals surface area (Å²) < 4.78 is 11.1. The number of nitrogens with zero attached hydrogens (tertiary/aromatic N) is 3. The number of halogens is 1. The molecule has 0 fully saturated rings. The molecule has 3 rings (SSSR count). The number of nitro groups is 1. The molecule has 2 aromatic carbocycles. The van der Waals surface area contributed by atoms with Crippen LogP contribution in [0.5, 0.6) is 5.75 Å². The topological polar surface area (TPSA) is 91.3 Å². The summed E-state index contributed by atoms with van der Waals surface area (Å²) in [7, 11) is 1.38. The van der Waals surface area contributed by atoms with Gasteiger partial charge in [0.1, 0.15) is 0 Å². The van der Waals surface area contributed by atoms with Gasteiger partial charge in [-0.05, 0) is 36.4 Å². The lowest BCUT2D eigenvalue weighted by molar-refractivity contribution is -0.385. The highest BCUT2D eigenvalue weighted by molar-refractivity contribution is 9.10. The maximum Gasteiger partial charge on any atom is 0.311 e. The Bertz CT molecular complexity index is 861. The first-order valence-corrected chi connectivity index (χ1v) is 7.30. The van der Waals surface area contributed by atoms with Crippen molar-refractivity contribution in [3.8, 4) is 28.6 Å². The smallest absolute Gasteiger partial charge is 0.311 e. The monoisotopic (exact) mass is 375 g/mol. The van der Waals surface area contributed by atoms with E-state index in [1.807, 2.05) is 24.3 Å². The van der Waals surface area contributed by atoms with Gasteiger partial charge in [0.2, 0.25) is 5.82 Å². The molecule has 0 atom stereocenters. The zero-order valence-electron chi connectivity index (χ0n) is 11.9. The molecule has 0 saturated carbocycles. The largest absolute Gasteiger partial charge is 0.490 e. The van der Waals surface area contributed by atoms with Gasteiger partial charge in [-0.2, -0.15) is 4.98 Å². The van der Waals surface area contributed by atoms with Crippen LogP contribution in [0.25, 0.3) is 22.8 Å². The fourth-order valence-corrected chi connectivity index (χ4v) is 2.29. The van der Waals surface area contributed by atoms with Crippen molar-refractivity contribution in [1.82, 2.24) is 10.1 Å². The van der Waals surface area contributed by atoms with Crippen molar-refractivity contribution in [3.05, 3.63) is 57.1 Å². The molecule has 7 nitrogen and oxygen atoms in total. The molecule has 0 amide bonds. The van der Waals surface area contributed by atoms with Gasteiger partial charge in [-0.1, -0.05) is 21.1 Å². The van der Waals surface area contributed by atoms with Crippen LogP contribution in [0, 0.1) is 10.1 Å². The number of methoxy groups -OCH3 is 1. The average molecular weight is 376 g/mol. The maximum atomic E-state index is 11.1. The van der Waals surface area contributed by atoms with Gasteiger partial charge in [-0.15, -0.1) is 0 Å². The number of benzene rings is 2. The number of rotatable bonds is 4. The van der Waals surface area contributed by atoms with Gasteiger partial charge < -0.3 is 9.26 Å². The van der Waals surface area contributed by atoms with E-state index >= 15 is 0 Å². The molecule has 1 aromatic heterocycles. The Balaban J connectivity index is 1.98. The highest BCUT2D eigenvalue weighted by Crippen LogP contribution is 2.32. The summed E-state index contributed by atoms with van der Waals surface area (Å²) >= 11 is 3.36. The van der Waals surface area contributed by atoms with Gasteiger partial charge in [0.15, 0.2) is 5.75 Å². The van der Waals surface area contributed by atoms with Gasteiger partial charge in [-0.3, -0.25) is 10.1 Å². The first-order chi connectivity index (χ1) is 11.1. The van der Waals surface area contributed by atoms with Crippen molar-refractivity contribution in [2.24, 2.45) is 0 Å². The molecule has 0 aliphatic rings. The zero-order valence-corrected chi connectivity index (χ0v) is 13.5. The Labute approximate surface area is 139 Å². The second-order valence-electron chi connectivity index (χ2n) is 4.57. The van der Waals surface area contributed by atoms with Crippen LogP contribution in [-0.2, 0) is 0 Å². The van der Waals surface area contributed by atoms with Crippen molar-refractivity contribution in [2.45, 2.75) is 0 Å². The van der Waals surface area contributed by atoms with Gasteiger partial charge >= 0.3 is 5.69 Å². The first-order valence-electron chi connectivity index (χ1n) is 6.51. The Kier molecular flexibility index (Phi) is 4.07. The van der Waals surface area contributed by atoms with Crippen molar-refractivity contribution < 1.29 is 14.2 Å². The lowest BCUT2D eigenvalue weighted by atomic mass is 10.2. The minimum Gasteiger partial charge on any atom is -0.490 e. The van der Waals surface area contributed by atoms with Crippen LogP contribution in [0.3, 0.4) is 0 Å². The number of aromatic nitrogens is 2. The molecule has 0 bridgehead atoms. The van der Waals surface area contributed by atoms with E-state index in [1.54, 1.807) is 6.07 Å². The third kappa shape index (κ3) is 3.07. The van der Waals surface area contributed by atoms with E-state index in [1.165, 1.54) is 19.2 Å². The highest BCUT2D eigenvalue weighted by atomic mass is 79.9. The molecule has 0 aliphatic heterocycles. The van der Waals surface area contributed by atoms with Gasteiger partial charge in [-0.25, -0.2) is 0 Å². The Morgan fingerprint density at radius 2 is 1.87 bits per heavy atom. The number of nitro benzene ring substituents is 1. The molecule has 0 radical (unpaired) electrons. The van der Waals surface area contributed by atoms with Crippen molar-refractivity contribution in [1.29, 1.82) is 0 Å². The average Bonchev–Trinajstić information content (AvgIpc) is 3.04. The molecule has 0 spiro atoms. The minimum atomic E-state index is -0.520. The molecule has 8 heteroatoms. The Morgan fingerprint density at radius 3 is 2.52 bits per heavy atom. The zero-order chi connectivity index (χ0) is 16.4. The normalized spacial score (nSPS) is 10.5. The molecular weight excluding hydrogens is 366 g/mol. The highest BCUT2D eigenvalue weighted by Gasteiger charge is 2.19. The molecule has 0 N–H and O–H groups in total. The van der Waals surface area contributed by atoms with Crippen LogP contribution in [0.1, 0.15) is 0 Å². The van der Waals surface area contributed by atoms with Gasteiger partial charge in [0.05, 0.1) is 12.0 Å². The summed E-state index contributed by atoms with van der Waals surface area (Å²) in [6.07, 6.45) is 0. The lowest BCUT2D eigenvalue weighted by Gasteiger charge is -2.02. The van der Waals surface area contributed by atoms with Gasteiger partial charge in [0.25, 0.3) is 5.89 Å². The third-order valence-corrected chi connectivity index (χ3v) is 3.68. The maximum absolute atomic E-state index is 11.1. The fourth-order valence-electron chi connectivity index (χ4n) is 2.02. The Hall–Kier alpha value is -2.74. The van der Waals surface area contributed by atoms with E-state index in [4.69, 9.17) is 9.26 Å². The van der Waals surface area contributed by atoms with Crippen molar-refractivity contribution in [3.63, 3.8) is 0 Å². The van der Waals surface area contributed by atoms with Crippen LogP contribution in [0.2, 0.25) is 0 Å². The van der Waals surface area contributed by atoms with Crippen LogP contribution in [0.4, 0.5) is 5.69 Å².